The van der Waals surface area contributed by atoms with Crippen LogP contribution in [-0.4, -0.2) is 24.6 Å². The smallest absolute Gasteiger partial charge is 0.407 e. The van der Waals surface area contributed by atoms with E-state index in [0.29, 0.717) is 6.54 Å². The average Bonchev–Trinajstić information content (AvgIpc) is 2.35. The summed E-state index contributed by atoms with van der Waals surface area (Å²) < 4.78 is 5.22. The van der Waals surface area contributed by atoms with Crippen molar-refractivity contribution < 1.29 is 14.4 Å². The molecule has 0 fully saturated rings. The number of hydrogen-bond donors (Lipinski definition) is 3. The maximum atomic E-state index is 11.7. The van der Waals surface area contributed by atoms with Crippen LogP contribution in [0.15, 0.2) is 12.1 Å². The van der Waals surface area contributed by atoms with Crippen molar-refractivity contribution in [3.8, 4) is 0 Å². The van der Waals surface area contributed by atoms with E-state index >= 15 is 0 Å². The SMILES string of the molecule is CONC(=N)c1cc(C)c(CNC(=O)OC(C)(C)C)c(C)c1. The van der Waals surface area contributed by atoms with Crippen molar-refractivity contribution in [1.29, 1.82) is 5.41 Å². The molecule has 1 amide bonds. The predicted molar refractivity (Wildman–Crippen MR) is 86.0 cm³/mol. The Hall–Kier alpha value is -2.08. The zero-order chi connectivity index (χ0) is 16.9. The molecule has 0 unspecified atom stereocenters. The van der Waals surface area contributed by atoms with Gasteiger partial charge in [0, 0.05) is 12.1 Å². The number of amidine groups is 1. The first-order chi connectivity index (χ1) is 10.1. The Morgan fingerprint density at radius 2 is 1.77 bits per heavy atom. The molecule has 0 aliphatic heterocycles. The molecule has 0 saturated heterocycles. The molecule has 1 rings (SSSR count). The van der Waals surface area contributed by atoms with Crippen molar-refractivity contribution in [2.45, 2.75) is 46.8 Å². The summed E-state index contributed by atoms with van der Waals surface area (Å²) in [6, 6.07) is 3.76. The van der Waals surface area contributed by atoms with E-state index in [-0.39, 0.29) is 5.84 Å². The van der Waals surface area contributed by atoms with Crippen molar-refractivity contribution in [2.24, 2.45) is 0 Å². The molecule has 0 aromatic heterocycles. The number of carbonyl (C=O) groups excluding carboxylic acids is 1. The summed E-state index contributed by atoms with van der Waals surface area (Å²) >= 11 is 0. The van der Waals surface area contributed by atoms with Gasteiger partial charge >= 0.3 is 6.09 Å². The van der Waals surface area contributed by atoms with Crippen molar-refractivity contribution in [3.05, 3.63) is 34.4 Å². The van der Waals surface area contributed by atoms with Gasteiger partial charge in [-0.05, 0) is 63.4 Å². The van der Waals surface area contributed by atoms with E-state index in [2.05, 4.69) is 10.8 Å². The van der Waals surface area contributed by atoms with Gasteiger partial charge in [-0.2, -0.15) is 0 Å². The Morgan fingerprint density at radius 3 is 2.23 bits per heavy atom. The largest absolute Gasteiger partial charge is 0.444 e. The Labute approximate surface area is 131 Å². The molecule has 0 heterocycles. The lowest BCUT2D eigenvalue weighted by molar-refractivity contribution is 0.0523. The molecule has 0 atom stereocenters. The molecule has 6 heteroatoms. The molecule has 0 saturated carbocycles. The van der Waals surface area contributed by atoms with Gasteiger partial charge in [-0.15, -0.1) is 0 Å². The second-order valence-electron chi connectivity index (χ2n) is 6.13. The molecular weight excluding hydrogens is 282 g/mol. The zero-order valence-corrected chi connectivity index (χ0v) is 14.1. The number of alkyl carbamates (subject to hydrolysis) is 1. The fourth-order valence-corrected chi connectivity index (χ4v) is 2.05. The number of nitrogens with one attached hydrogen (secondary N) is 3. The van der Waals surface area contributed by atoms with E-state index in [0.717, 1.165) is 22.3 Å². The minimum atomic E-state index is -0.515. The van der Waals surface area contributed by atoms with E-state index in [1.54, 1.807) is 0 Å². The zero-order valence-electron chi connectivity index (χ0n) is 14.1. The van der Waals surface area contributed by atoms with Gasteiger partial charge in [0.05, 0.1) is 7.11 Å². The van der Waals surface area contributed by atoms with Gasteiger partial charge in [-0.25, -0.2) is 10.3 Å². The lowest BCUT2D eigenvalue weighted by Gasteiger charge is -2.20. The van der Waals surface area contributed by atoms with E-state index in [1.807, 2.05) is 46.8 Å². The quantitative estimate of drug-likeness (QED) is 0.454. The lowest BCUT2D eigenvalue weighted by atomic mass is 9.99. The standard InChI is InChI=1S/C16H25N3O3/c1-10-7-12(14(17)19-21-6)8-11(2)13(10)9-18-15(20)22-16(3,4)5/h7-8H,9H2,1-6H3,(H2,17,19)(H,18,20). The molecule has 22 heavy (non-hydrogen) atoms. The van der Waals surface area contributed by atoms with Crippen LogP contribution < -0.4 is 10.8 Å². The number of aryl methyl sites for hydroxylation is 2. The van der Waals surface area contributed by atoms with Crippen LogP contribution in [0.25, 0.3) is 0 Å². The number of benzene rings is 1. The van der Waals surface area contributed by atoms with Gasteiger partial charge in [0.15, 0.2) is 0 Å². The molecule has 6 nitrogen and oxygen atoms in total. The van der Waals surface area contributed by atoms with Gasteiger partial charge in [0.1, 0.15) is 11.4 Å². The maximum absolute atomic E-state index is 11.7. The first kappa shape index (κ1) is 18.0. The Kier molecular flexibility index (Phi) is 5.93. The lowest BCUT2D eigenvalue weighted by Crippen LogP contribution is -2.32. The number of rotatable bonds is 4. The van der Waals surface area contributed by atoms with Crippen LogP contribution in [0.5, 0.6) is 0 Å². The van der Waals surface area contributed by atoms with Gasteiger partial charge < -0.3 is 10.1 Å². The summed E-state index contributed by atoms with van der Waals surface area (Å²) in [5, 5.41) is 10.6. The van der Waals surface area contributed by atoms with E-state index < -0.39 is 11.7 Å². The predicted octanol–water partition coefficient (Wildman–Crippen LogP) is 2.80. The molecular formula is C16H25N3O3. The highest BCUT2D eigenvalue weighted by atomic mass is 16.6. The minimum Gasteiger partial charge on any atom is -0.444 e. The Morgan fingerprint density at radius 1 is 1.23 bits per heavy atom. The maximum Gasteiger partial charge on any atom is 0.407 e. The third-order valence-electron chi connectivity index (χ3n) is 3.00. The van der Waals surface area contributed by atoms with E-state index in [4.69, 9.17) is 15.0 Å². The van der Waals surface area contributed by atoms with Gasteiger partial charge in [0.25, 0.3) is 0 Å². The van der Waals surface area contributed by atoms with Crippen LogP contribution in [-0.2, 0) is 16.1 Å². The van der Waals surface area contributed by atoms with Crippen molar-refractivity contribution in [1.82, 2.24) is 10.8 Å². The monoisotopic (exact) mass is 307 g/mol. The highest BCUT2D eigenvalue weighted by molar-refractivity contribution is 5.96. The van der Waals surface area contributed by atoms with Crippen molar-refractivity contribution >= 4 is 11.9 Å². The second-order valence-corrected chi connectivity index (χ2v) is 6.13. The molecule has 0 radical (unpaired) electrons. The first-order valence-electron chi connectivity index (χ1n) is 7.09. The molecule has 1 aromatic carbocycles. The van der Waals surface area contributed by atoms with E-state index in [1.165, 1.54) is 7.11 Å². The number of carbonyl (C=O) groups is 1. The third-order valence-corrected chi connectivity index (χ3v) is 3.00. The number of hydroxylamine groups is 1. The highest BCUT2D eigenvalue weighted by Gasteiger charge is 2.16. The summed E-state index contributed by atoms with van der Waals surface area (Å²) in [7, 11) is 1.47. The Balaban J connectivity index is 2.80. The topological polar surface area (TPSA) is 83.4 Å². The summed E-state index contributed by atoms with van der Waals surface area (Å²) in [5.74, 6) is 0.195. The first-order valence-corrected chi connectivity index (χ1v) is 7.09. The molecule has 1 aromatic rings. The van der Waals surface area contributed by atoms with Crippen LogP contribution in [0, 0.1) is 19.3 Å². The second kappa shape index (κ2) is 7.26. The fourth-order valence-electron chi connectivity index (χ4n) is 2.05. The highest BCUT2D eigenvalue weighted by Crippen LogP contribution is 2.17. The molecule has 3 N–H and O–H groups in total. The average molecular weight is 307 g/mol. The number of ether oxygens (including phenoxy) is 1. The summed E-state index contributed by atoms with van der Waals surface area (Å²) in [4.78, 5) is 16.5. The number of amides is 1. The van der Waals surface area contributed by atoms with Crippen LogP contribution in [0.4, 0.5) is 4.79 Å². The number of hydrogen-bond acceptors (Lipinski definition) is 4. The van der Waals surface area contributed by atoms with Gasteiger partial charge in [-0.3, -0.25) is 10.2 Å². The van der Waals surface area contributed by atoms with Crippen molar-refractivity contribution in [3.63, 3.8) is 0 Å². The van der Waals surface area contributed by atoms with Crippen LogP contribution in [0.1, 0.15) is 43.0 Å². The Bertz CT molecular complexity index is 539. The summed E-state index contributed by atoms with van der Waals surface area (Å²) in [6.07, 6.45) is -0.441. The van der Waals surface area contributed by atoms with Gasteiger partial charge in [-0.1, -0.05) is 0 Å². The third kappa shape index (κ3) is 5.37. The van der Waals surface area contributed by atoms with E-state index in [9.17, 15) is 4.79 Å². The minimum absolute atomic E-state index is 0.195. The molecule has 0 spiro atoms. The molecule has 122 valence electrons. The van der Waals surface area contributed by atoms with Gasteiger partial charge in [0.2, 0.25) is 0 Å². The molecule has 0 aliphatic carbocycles. The summed E-state index contributed by atoms with van der Waals surface area (Å²) in [5.41, 5.74) is 5.73. The van der Waals surface area contributed by atoms with Crippen molar-refractivity contribution in [2.75, 3.05) is 7.11 Å². The molecule has 0 aliphatic rings. The molecule has 0 bridgehead atoms. The van der Waals surface area contributed by atoms with Crippen LogP contribution in [0.2, 0.25) is 0 Å². The van der Waals surface area contributed by atoms with Crippen LogP contribution >= 0.6 is 0 Å². The fraction of sp³-hybridized carbons (Fsp3) is 0.500. The summed E-state index contributed by atoms with van der Waals surface area (Å²) in [6.45, 7) is 9.76. The van der Waals surface area contributed by atoms with Crippen LogP contribution in [0.3, 0.4) is 0 Å². The normalized spacial score (nSPS) is 11.0.